The second kappa shape index (κ2) is 8.13. The van der Waals surface area contributed by atoms with E-state index in [1.54, 1.807) is 16.7 Å². The molecule has 1 aliphatic rings. The van der Waals surface area contributed by atoms with Gasteiger partial charge in [-0.2, -0.15) is 0 Å². The maximum atomic E-state index is 10.5. The molecule has 0 saturated carbocycles. The highest BCUT2D eigenvalue weighted by molar-refractivity contribution is 7.99. The fourth-order valence-electron chi connectivity index (χ4n) is 3.00. The molecule has 0 bridgehead atoms. The Morgan fingerprint density at radius 3 is 2.89 bits per heavy atom. The third-order valence-corrected chi connectivity index (χ3v) is 6.10. The van der Waals surface area contributed by atoms with Crippen LogP contribution in [0.3, 0.4) is 0 Å². The van der Waals surface area contributed by atoms with Crippen LogP contribution in [0.4, 0.5) is 0 Å². The minimum Gasteiger partial charge on any atom is -0.461 e. The average molecular weight is 419 g/mol. The van der Waals surface area contributed by atoms with Gasteiger partial charge in [0.15, 0.2) is 28.2 Å². The molecule has 4 rings (SSSR count). The van der Waals surface area contributed by atoms with Gasteiger partial charge in [0.2, 0.25) is 0 Å². The number of halogens is 1. The molecule has 0 radical (unpaired) electrons. The van der Waals surface area contributed by atoms with Crippen molar-refractivity contribution in [2.75, 3.05) is 5.75 Å². The van der Waals surface area contributed by atoms with Gasteiger partial charge >= 0.3 is 0 Å². The quantitative estimate of drug-likeness (QED) is 0.381. The third-order valence-electron chi connectivity index (χ3n) is 4.47. The summed E-state index contributed by atoms with van der Waals surface area (Å²) in [5.41, 5.74) is 0.864. The summed E-state index contributed by atoms with van der Waals surface area (Å²) in [5.74, 6) is 7.86. The first-order chi connectivity index (χ1) is 13.6. The molecule has 146 valence electrons. The maximum absolute atomic E-state index is 10.5. The summed E-state index contributed by atoms with van der Waals surface area (Å²) in [4.78, 5) is 13.4. The minimum atomic E-state index is -0.959. The highest BCUT2D eigenvalue weighted by Gasteiger charge is 2.38. The van der Waals surface area contributed by atoms with Gasteiger partial charge in [-0.25, -0.2) is 15.0 Å². The number of imidazole rings is 1. The molecule has 9 heteroatoms. The zero-order valence-corrected chi connectivity index (χ0v) is 16.7. The van der Waals surface area contributed by atoms with E-state index in [1.165, 1.54) is 18.0 Å². The van der Waals surface area contributed by atoms with Crippen molar-refractivity contribution in [2.24, 2.45) is 0 Å². The van der Waals surface area contributed by atoms with Crippen molar-refractivity contribution in [3.8, 4) is 23.4 Å². The molecule has 0 aromatic carbocycles. The van der Waals surface area contributed by atoms with Gasteiger partial charge in [-0.1, -0.05) is 30.9 Å². The Balaban J connectivity index is 1.88. The van der Waals surface area contributed by atoms with Crippen LogP contribution in [0.15, 0.2) is 22.8 Å². The number of rotatable bonds is 4. The molecule has 0 aliphatic carbocycles. The number of hydrogen-bond acceptors (Lipinski definition) is 7. The summed E-state index contributed by atoms with van der Waals surface area (Å²) in [6.07, 6.45) is 2.55. The van der Waals surface area contributed by atoms with Gasteiger partial charge in [-0.05, 0) is 24.5 Å². The van der Waals surface area contributed by atoms with E-state index in [9.17, 15) is 10.2 Å². The fourth-order valence-corrected chi connectivity index (χ4v) is 4.53. The van der Waals surface area contributed by atoms with E-state index >= 15 is 0 Å². The number of thioether (sulfide) groups is 1. The molecule has 0 amide bonds. The Morgan fingerprint density at radius 2 is 2.21 bits per heavy atom. The van der Waals surface area contributed by atoms with Crippen molar-refractivity contribution >= 4 is 34.5 Å². The number of fused-ring (bicyclic) bond motifs is 1. The van der Waals surface area contributed by atoms with E-state index in [1.807, 2.05) is 0 Å². The fraction of sp³-hybridized carbons (Fsp3) is 0.421. The van der Waals surface area contributed by atoms with E-state index in [0.717, 1.165) is 19.3 Å². The Hall–Kier alpha value is -2.05. The molecule has 1 aliphatic heterocycles. The third kappa shape index (κ3) is 3.51. The minimum absolute atomic E-state index is 0.185. The van der Waals surface area contributed by atoms with Crippen LogP contribution >= 0.6 is 23.4 Å². The number of unbranched alkanes of at least 4 members (excludes halogenated alkanes) is 2. The van der Waals surface area contributed by atoms with Crippen LogP contribution in [0.25, 0.3) is 22.7 Å². The van der Waals surface area contributed by atoms with Crippen LogP contribution in [-0.4, -0.2) is 47.7 Å². The van der Waals surface area contributed by atoms with Gasteiger partial charge in [0.1, 0.15) is 17.0 Å². The van der Waals surface area contributed by atoms with Crippen LogP contribution in [0.1, 0.15) is 37.4 Å². The van der Waals surface area contributed by atoms with Gasteiger partial charge in [-0.15, -0.1) is 11.8 Å². The first-order valence-corrected chi connectivity index (χ1v) is 10.5. The Morgan fingerprint density at radius 1 is 1.36 bits per heavy atom. The van der Waals surface area contributed by atoms with E-state index < -0.39 is 17.6 Å². The predicted molar refractivity (Wildman–Crippen MR) is 108 cm³/mol. The van der Waals surface area contributed by atoms with Crippen molar-refractivity contribution in [3.63, 3.8) is 0 Å². The topological polar surface area (TPSA) is 97.2 Å². The van der Waals surface area contributed by atoms with Crippen molar-refractivity contribution in [1.82, 2.24) is 19.5 Å². The molecular formula is C19H19ClN4O3S. The smallest absolute Gasteiger partial charge is 0.199 e. The van der Waals surface area contributed by atoms with E-state index in [-0.39, 0.29) is 5.15 Å². The second-order valence-electron chi connectivity index (χ2n) is 6.48. The normalized spacial score (nSPS) is 21.8. The monoisotopic (exact) mass is 418 g/mol. The molecule has 3 atom stereocenters. The molecule has 4 heterocycles. The highest BCUT2D eigenvalue weighted by Crippen LogP contribution is 2.40. The first-order valence-electron chi connectivity index (χ1n) is 9.06. The predicted octanol–water partition coefficient (Wildman–Crippen LogP) is 3.25. The summed E-state index contributed by atoms with van der Waals surface area (Å²) >= 11 is 7.81. The second-order valence-corrected chi connectivity index (χ2v) is 7.99. The number of aliphatic hydroxyl groups excluding tert-OH is 2. The van der Waals surface area contributed by atoms with Crippen LogP contribution in [0.5, 0.6) is 0 Å². The van der Waals surface area contributed by atoms with Gasteiger partial charge < -0.3 is 14.6 Å². The summed E-state index contributed by atoms with van der Waals surface area (Å²) in [7, 11) is 0. The van der Waals surface area contributed by atoms with E-state index in [0.29, 0.717) is 34.3 Å². The number of aromatic nitrogens is 4. The molecule has 3 aromatic heterocycles. The van der Waals surface area contributed by atoms with Gasteiger partial charge in [-0.3, -0.25) is 4.57 Å². The zero-order chi connectivity index (χ0) is 19.7. The highest BCUT2D eigenvalue weighted by atomic mass is 35.5. The number of hydrogen-bond donors (Lipinski definition) is 2. The number of nitrogens with zero attached hydrogens (tertiary/aromatic N) is 4. The molecule has 2 N–H and O–H groups in total. The zero-order valence-electron chi connectivity index (χ0n) is 15.2. The van der Waals surface area contributed by atoms with E-state index in [2.05, 4.69) is 33.7 Å². The van der Waals surface area contributed by atoms with E-state index in [4.69, 9.17) is 16.0 Å². The average Bonchev–Trinajstić information content (AvgIpc) is 3.40. The molecule has 0 unspecified atom stereocenters. The van der Waals surface area contributed by atoms with Crippen LogP contribution in [0.2, 0.25) is 5.15 Å². The van der Waals surface area contributed by atoms with Crippen LogP contribution in [0, 0.1) is 11.8 Å². The number of aliphatic hydroxyl groups is 2. The SMILES string of the molecule is CCCCC#Cc1nc2c(Cl)nc(-c3ccco3)nc2n1[C@@H]1SC[C@@H](O)[C@H]1O. The largest absolute Gasteiger partial charge is 0.461 e. The summed E-state index contributed by atoms with van der Waals surface area (Å²) < 4.78 is 7.14. The lowest BCUT2D eigenvalue weighted by Crippen LogP contribution is -2.28. The van der Waals surface area contributed by atoms with Crippen molar-refractivity contribution in [2.45, 2.75) is 43.8 Å². The Bertz CT molecular complexity index is 1040. The lowest BCUT2D eigenvalue weighted by Gasteiger charge is -2.18. The Kier molecular flexibility index (Phi) is 5.60. The van der Waals surface area contributed by atoms with Crippen LogP contribution in [-0.2, 0) is 0 Å². The van der Waals surface area contributed by atoms with Crippen molar-refractivity contribution < 1.29 is 14.6 Å². The lowest BCUT2D eigenvalue weighted by molar-refractivity contribution is 0.0312. The summed E-state index contributed by atoms with van der Waals surface area (Å²) in [6.45, 7) is 2.11. The molecule has 0 spiro atoms. The number of furan rings is 1. The van der Waals surface area contributed by atoms with Crippen molar-refractivity contribution in [3.05, 3.63) is 29.4 Å². The molecule has 1 fully saturated rings. The molecular weight excluding hydrogens is 400 g/mol. The summed E-state index contributed by atoms with van der Waals surface area (Å²) in [6, 6.07) is 3.48. The van der Waals surface area contributed by atoms with Crippen molar-refractivity contribution in [1.29, 1.82) is 0 Å². The van der Waals surface area contributed by atoms with Gasteiger partial charge in [0.25, 0.3) is 0 Å². The summed E-state index contributed by atoms with van der Waals surface area (Å²) in [5, 5.41) is 20.2. The standard InChI is InChI=1S/C19H19ClN4O3S/c1-2-3-4-5-8-13-21-14-16(20)22-17(12-7-6-9-27-12)23-18(14)24(13)19-15(26)11(25)10-28-19/h6-7,9,11,15,19,25-26H,2-4,10H2,1H3/t11-,15-,19-/m1/s1. The van der Waals surface area contributed by atoms with Crippen LogP contribution < -0.4 is 0 Å². The molecule has 28 heavy (non-hydrogen) atoms. The first kappa shape index (κ1) is 19.3. The molecule has 3 aromatic rings. The molecule has 7 nitrogen and oxygen atoms in total. The van der Waals surface area contributed by atoms with Gasteiger partial charge in [0, 0.05) is 12.2 Å². The molecule has 1 saturated heterocycles. The van der Waals surface area contributed by atoms with Gasteiger partial charge in [0.05, 0.1) is 12.4 Å². The maximum Gasteiger partial charge on any atom is 0.199 e. The lowest BCUT2D eigenvalue weighted by atomic mass is 10.2. The Labute approximate surface area is 171 Å².